The van der Waals surface area contributed by atoms with Gasteiger partial charge in [-0.05, 0) is 109 Å². The summed E-state index contributed by atoms with van der Waals surface area (Å²) in [6.07, 6.45) is 5.87. The number of phenols is 1. The van der Waals surface area contributed by atoms with Crippen molar-refractivity contribution in [2.24, 2.45) is 23.7 Å². The van der Waals surface area contributed by atoms with Gasteiger partial charge < -0.3 is 19.3 Å². The highest BCUT2D eigenvalue weighted by atomic mass is 79.9. The van der Waals surface area contributed by atoms with Crippen LogP contribution < -0.4 is 24.5 Å². The maximum absolute atomic E-state index is 15.5. The average molecular weight is 933 g/mol. The fraction of sp³-hybridized carbons (Fsp3) is 0.224. The molecule has 6 atom stereocenters. The van der Waals surface area contributed by atoms with Crippen LogP contribution in [0.5, 0.6) is 23.0 Å². The van der Waals surface area contributed by atoms with Crippen LogP contribution in [0, 0.1) is 29.5 Å². The predicted molar refractivity (Wildman–Crippen MR) is 239 cm³/mol. The smallest absolute Gasteiger partial charge is 0.260 e. The van der Waals surface area contributed by atoms with Gasteiger partial charge in [-0.15, -0.1) is 0 Å². The van der Waals surface area contributed by atoms with Gasteiger partial charge in [0.1, 0.15) is 17.3 Å². The van der Waals surface area contributed by atoms with E-state index in [4.69, 9.17) is 25.8 Å². The Bertz CT molecular complexity index is 2750. The summed E-state index contributed by atoms with van der Waals surface area (Å²) in [6.45, 7) is 0. The fourth-order valence-corrected chi connectivity index (χ4v) is 10.7. The monoisotopic (exact) mass is 931 g/mol. The molecule has 5 aromatic rings. The fourth-order valence-electron chi connectivity index (χ4n) is 10.1. The minimum Gasteiger partial charge on any atom is -0.504 e. The molecule has 0 aromatic heterocycles. The molecule has 4 amide bonds. The highest BCUT2D eigenvalue weighted by Crippen LogP contribution is 2.65. The van der Waals surface area contributed by atoms with E-state index in [1.807, 2.05) is 48.6 Å². The minimum absolute atomic E-state index is 0.0223. The third kappa shape index (κ3) is 6.85. The highest BCUT2D eigenvalue weighted by Gasteiger charge is 2.70. The molecule has 5 aromatic carbocycles. The Labute approximate surface area is 375 Å². The van der Waals surface area contributed by atoms with Crippen molar-refractivity contribution in [3.8, 4) is 23.0 Å². The summed E-state index contributed by atoms with van der Waals surface area (Å²) in [5.41, 5.74) is 4.91. The molecule has 14 heteroatoms. The Morgan fingerprint density at radius 1 is 0.810 bits per heavy atom. The van der Waals surface area contributed by atoms with Crippen molar-refractivity contribution in [3.05, 3.63) is 152 Å². The second kappa shape index (κ2) is 16.4. The second-order valence-corrected chi connectivity index (χ2v) is 17.3. The average Bonchev–Trinajstić information content (AvgIpc) is 3.67. The molecule has 0 unspecified atom stereocenters. The Morgan fingerprint density at radius 2 is 1.52 bits per heavy atom. The largest absolute Gasteiger partial charge is 0.504 e. The topological polar surface area (TPSA) is 135 Å². The number of aromatic hydroxyl groups is 1. The van der Waals surface area contributed by atoms with Gasteiger partial charge in [0.05, 0.1) is 55.9 Å². The number of rotatable bonds is 10. The number of halogens is 3. The molecule has 2 aliphatic heterocycles. The summed E-state index contributed by atoms with van der Waals surface area (Å²) in [4.78, 5) is 61.0. The Morgan fingerprint density at radius 3 is 2.21 bits per heavy atom. The summed E-state index contributed by atoms with van der Waals surface area (Å²) in [5, 5.41) is 13.4. The first-order valence-corrected chi connectivity index (χ1v) is 21.4. The highest BCUT2D eigenvalue weighted by molar-refractivity contribution is 9.10. The number of nitrogens with zero attached hydrogens (tertiary/aromatic N) is 2. The van der Waals surface area contributed by atoms with Crippen LogP contribution in [0.15, 0.2) is 119 Å². The molecular formula is C49H40BrClFN3O8. The maximum Gasteiger partial charge on any atom is 0.260 e. The quantitative estimate of drug-likeness (QED) is 0.0799. The Kier molecular flexibility index (Phi) is 10.9. The molecule has 0 radical (unpaired) electrons. The molecule has 3 fully saturated rings. The van der Waals surface area contributed by atoms with Crippen molar-refractivity contribution in [1.29, 1.82) is 0 Å². The van der Waals surface area contributed by atoms with Crippen LogP contribution in [0.1, 0.15) is 41.0 Å². The van der Waals surface area contributed by atoms with Gasteiger partial charge >= 0.3 is 0 Å². The number of benzene rings is 5. The number of imide groups is 2. The molecule has 0 bridgehead atoms. The number of hydrogen-bond donors (Lipinski definition) is 2. The zero-order chi connectivity index (χ0) is 44.3. The number of anilines is 2. The first-order valence-electron chi connectivity index (χ1n) is 20.2. The zero-order valence-corrected chi connectivity index (χ0v) is 36.5. The van der Waals surface area contributed by atoms with E-state index in [0.29, 0.717) is 37.8 Å². The number of methoxy groups -OCH3 is 3. The SMILES string of the molecule is COc1ccc(OC)c(C=Cc2ccc(N3C(=O)[C@H]4[C@H](CC=C5[C@H]4C[C@H]4C(=O)N(Nc6ccc(F)cc6)C(=O)[C@@]4(c4ccc(Cl)cc4)[C@H]5c4cc(Br)cc(OC)c4O)C3=O)cc2)c1. The molecular weight excluding hydrogens is 893 g/mol. The maximum atomic E-state index is 15.5. The van der Waals surface area contributed by atoms with Gasteiger partial charge in [-0.1, -0.05) is 75.6 Å². The van der Waals surface area contributed by atoms with Crippen LogP contribution in [0.4, 0.5) is 15.8 Å². The number of fused-ring (bicyclic) bond motifs is 4. The van der Waals surface area contributed by atoms with Crippen molar-refractivity contribution in [1.82, 2.24) is 5.01 Å². The lowest BCUT2D eigenvalue weighted by atomic mass is 9.49. The molecule has 2 aliphatic carbocycles. The van der Waals surface area contributed by atoms with Gasteiger partial charge in [-0.2, -0.15) is 5.01 Å². The van der Waals surface area contributed by atoms with Crippen molar-refractivity contribution in [2.75, 3.05) is 31.7 Å². The van der Waals surface area contributed by atoms with Gasteiger partial charge in [0.25, 0.3) is 11.8 Å². The first kappa shape index (κ1) is 41.9. The molecule has 11 nitrogen and oxygen atoms in total. The summed E-state index contributed by atoms with van der Waals surface area (Å²) in [5.74, 6) is -5.78. The lowest BCUT2D eigenvalue weighted by Gasteiger charge is -2.50. The van der Waals surface area contributed by atoms with Crippen molar-refractivity contribution < 1.29 is 42.9 Å². The number of allylic oxidation sites excluding steroid dienone is 2. The van der Waals surface area contributed by atoms with Crippen molar-refractivity contribution in [3.63, 3.8) is 0 Å². The molecule has 9 rings (SSSR count). The summed E-state index contributed by atoms with van der Waals surface area (Å²) < 4.78 is 31.0. The number of carbonyl (C=O) groups excluding carboxylic acids is 4. The van der Waals surface area contributed by atoms with E-state index >= 15 is 9.59 Å². The number of nitrogens with one attached hydrogen (secondary N) is 1. The summed E-state index contributed by atoms with van der Waals surface area (Å²) in [6, 6.07) is 27.8. The molecule has 2 heterocycles. The lowest BCUT2D eigenvalue weighted by Crippen LogP contribution is -2.53. The molecule has 2 saturated heterocycles. The van der Waals surface area contributed by atoms with Crippen LogP contribution in [0.25, 0.3) is 12.2 Å². The number of ether oxygens (including phenoxy) is 3. The predicted octanol–water partition coefficient (Wildman–Crippen LogP) is 9.33. The van der Waals surface area contributed by atoms with E-state index < -0.39 is 58.5 Å². The number of hydrazine groups is 1. The van der Waals surface area contributed by atoms with Crippen LogP contribution in [0.3, 0.4) is 0 Å². The van der Waals surface area contributed by atoms with Crippen LogP contribution >= 0.6 is 27.5 Å². The standard InChI is InChI=1S/C49H40BrClFN3O8/c1-61-34-18-21-40(62-2)27(22-34)7-4-26-5-16-33(17-6-26)54-45(57)36-20-19-35-37(42(36)47(54)59)25-39-46(58)55(53-32-14-12-31(52)13-15-32)48(60)49(39,28-8-10-30(51)11-9-28)43(35)38-23-29(50)24-41(63-3)44(38)56/h4-19,21-24,36-37,39,42-43,53,56H,20,25H2,1-3H3/t36-,37+,39-,42-,43+,49+/m0/s1. The van der Waals surface area contributed by atoms with E-state index in [0.717, 1.165) is 16.1 Å². The lowest BCUT2D eigenvalue weighted by molar-refractivity contribution is -0.138. The van der Waals surface area contributed by atoms with Gasteiger partial charge in [0.2, 0.25) is 11.8 Å². The van der Waals surface area contributed by atoms with Gasteiger partial charge in [-0.3, -0.25) is 29.5 Å². The minimum atomic E-state index is -1.70. The molecule has 4 aliphatic rings. The number of phenolic OH excluding ortho intramolecular Hbond substituents is 1. The van der Waals surface area contributed by atoms with Crippen LogP contribution in [0.2, 0.25) is 5.02 Å². The Balaban J connectivity index is 1.14. The summed E-state index contributed by atoms with van der Waals surface area (Å²) >= 11 is 9.98. The third-order valence-electron chi connectivity index (χ3n) is 12.9. The zero-order valence-electron chi connectivity index (χ0n) is 34.2. The Hall–Kier alpha value is -6.44. The molecule has 1 saturated carbocycles. The second-order valence-electron chi connectivity index (χ2n) is 16.0. The normalized spacial score (nSPS) is 24.0. The van der Waals surface area contributed by atoms with E-state index in [9.17, 15) is 19.1 Å². The number of carbonyl (C=O) groups is 4. The molecule has 320 valence electrons. The van der Waals surface area contributed by atoms with Crippen molar-refractivity contribution >= 4 is 74.7 Å². The molecule has 2 N–H and O–H groups in total. The number of amides is 4. The summed E-state index contributed by atoms with van der Waals surface area (Å²) in [7, 11) is 4.59. The van der Waals surface area contributed by atoms with E-state index in [1.165, 1.54) is 36.3 Å². The van der Waals surface area contributed by atoms with Crippen molar-refractivity contribution in [2.45, 2.75) is 24.2 Å². The number of hydrogen-bond acceptors (Lipinski definition) is 9. The van der Waals surface area contributed by atoms with Gasteiger partial charge in [-0.25, -0.2) is 4.39 Å². The molecule has 0 spiro atoms. The van der Waals surface area contributed by atoms with Gasteiger partial charge in [0.15, 0.2) is 11.5 Å². The first-order chi connectivity index (χ1) is 30.4. The van der Waals surface area contributed by atoms with Crippen LogP contribution in [-0.2, 0) is 24.6 Å². The van der Waals surface area contributed by atoms with E-state index in [1.54, 1.807) is 62.8 Å². The van der Waals surface area contributed by atoms with Crippen LogP contribution in [-0.4, -0.2) is 55.1 Å². The molecule has 63 heavy (non-hydrogen) atoms. The van der Waals surface area contributed by atoms with E-state index in [2.05, 4.69) is 21.4 Å². The van der Waals surface area contributed by atoms with E-state index in [-0.39, 0.29) is 41.5 Å². The van der Waals surface area contributed by atoms with Gasteiger partial charge in [0, 0.05) is 26.5 Å². The third-order valence-corrected chi connectivity index (χ3v) is 13.6.